The molecule has 0 unspecified atom stereocenters. The summed E-state index contributed by atoms with van der Waals surface area (Å²) in [6.45, 7) is 0. The minimum atomic E-state index is -0.691. The number of halogens is 1. The van der Waals surface area contributed by atoms with Crippen LogP contribution in [0.2, 0.25) is 5.02 Å². The van der Waals surface area contributed by atoms with Crippen LogP contribution in [0, 0.1) is 0 Å². The van der Waals surface area contributed by atoms with Crippen molar-refractivity contribution in [2.24, 2.45) is 0 Å². The van der Waals surface area contributed by atoms with Crippen molar-refractivity contribution in [1.29, 1.82) is 0 Å². The van der Waals surface area contributed by atoms with Crippen LogP contribution in [0.15, 0.2) is 72.3 Å². The van der Waals surface area contributed by atoms with Crippen LogP contribution in [0.4, 0.5) is 0 Å². The fraction of sp³-hybridized carbons (Fsp3) is 0.259. The quantitative estimate of drug-likeness (QED) is 0.365. The third-order valence-corrected chi connectivity index (χ3v) is 8.47. The van der Waals surface area contributed by atoms with Crippen molar-refractivity contribution in [3.05, 3.63) is 85.6 Å². The Hall–Kier alpha value is -3.16. The van der Waals surface area contributed by atoms with Gasteiger partial charge in [-0.1, -0.05) is 48.7 Å². The highest BCUT2D eigenvalue weighted by atomic mass is 35.5. The van der Waals surface area contributed by atoms with Gasteiger partial charge in [0.05, 0.1) is 12.8 Å². The van der Waals surface area contributed by atoms with Crippen molar-refractivity contribution in [1.82, 2.24) is 4.57 Å². The third kappa shape index (κ3) is 3.32. The van der Waals surface area contributed by atoms with E-state index in [1.807, 2.05) is 12.1 Å². The second kappa shape index (κ2) is 8.21. The van der Waals surface area contributed by atoms with Gasteiger partial charge in [0.25, 0.3) is 5.56 Å². The topological polar surface area (TPSA) is 81.7 Å². The molecule has 2 aromatic carbocycles. The second-order valence-corrected chi connectivity index (χ2v) is 10.6. The summed E-state index contributed by atoms with van der Waals surface area (Å²) in [5.41, 5.74) is 1.22. The van der Waals surface area contributed by atoms with Crippen molar-refractivity contribution in [3.63, 3.8) is 0 Å². The Morgan fingerprint density at radius 1 is 1.09 bits per heavy atom. The first-order chi connectivity index (χ1) is 16.9. The van der Waals surface area contributed by atoms with Gasteiger partial charge in [0.2, 0.25) is 0 Å². The zero-order valence-electron chi connectivity index (χ0n) is 19.0. The molecule has 2 aromatic heterocycles. The van der Waals surface area contributed by atoms with E-state index in [1.165, 1.54) is 0 Å². The van der Waals surface area contributed by atoms with Crippen LogP contribution in [0.3, 0.4) is 0 Å². The molecule has 1 saturated carbocycles. The third-order valence-electron chi connectivity index (χ3n) is 7.19. The normalized spacial score (nSPS) is 15.8. The lowest BCUT2D eigenvalue weighted by Gasteiger charge is -2.34. The fourth-order valence-corrected chi connectivity index (χ4v) is 6.66. The first-order valence-electron chi connectivity index (χ1n) is 11.5. The molecule has 2 aliphatic rings. The summed E-state index contributed by atoms with van der Waals surface area (Å²) in [6.07, 6.45) is 4.96. The molecule has 0 bridgehead atoms. The first-order valence-corrected chi connectivity index (χ1v) is 12.7. The highest BCUT2D eigenvalue weighted by molar-refractivity contribution is 7.99. The number of ether oxygens (including phenoxy) is 1. The van der Waals surface area contributed by atoms with Gasteiger partial charge in [-0.05, 0) is 54.8 Å². The van der Waals surface area contributed by atoms with Crippen molar-refractivity contribution in [2.45, 2.75) is 47.3 Å². The van der Waals surface area contributed by atoms with Gasteiger partial charge in [-0.2, -0.15) is 0 Å². The van der Waals surface area contributed by atoms with E-state index in [4.69, 9.17) is 20.8 Å². The maximum absolute atomic E-state index is 13.9. The van der Waals surface area contributed by atoms with Gasteiger partial charge in [0, 0.05) is 27.1 Å². The molecule has 6 rings (SSSR count). The largest absolute Gasteiger partial charge is 0.505 e. The molecule has 4 aromatic rings. The Kier molecular flexibility index (Phi) is 5.23. The first kappa shape index (κ1) is 22.3. The zero-order chi connectivity index (χ0) is 24.3. The van der Waals surface area contributed by atoms with E-state index in [2.05, 4.69) is 0 Å². The minimum Gasteiger partial charge on any atom is -0.505 e. The number of hydrogen-bond acceptors (Lipinski definition) is 6. The predicted octanol–water partition coefficient (Wildman–Crippen LogP) is 6.03. The molecule has 1 N–H and O–H groups in total. The average Bonchev–Trinajstić information content (AvgIpc) is 3.11. The molecule has 1 aliphatic carbocycles. The number of nitrogens with zero attached hydrogens (tertiary/aromatic N) is 1. The molecule has 35 heavy (non-hydrogen) atoms. The van der Waals surface area contributed by atoms with E-state index in [-0.39, 0.29) is 27.0 Å². The molecule has 0 saturated heterocycles. The molecule has 1 aliphatic heterocycles. The van der Waals surface area contributed by atoms with Crippen molar-refractivity contribution in [2.75, 3.05) is 7.11 Å². The minimum absolute atomic E-state index is 0.00694. The fourth-order valence-electron chi connectivity index (χ4n) is 5.61. The molecular formula is C27H22ClNO5S. The molecule has 6 nitrogen and oxygen atoms in total. The Morgan fingerprint density at radius 2 is 1.89 bits per heavy atom. The van der Waals surface area contributed by atoms with Crippen LogP contribution in [0.1, 0.15) is 43.4 Å². The molecule has 1 fully saturated rings. The predicted molar refractivity (Wildman–Crippen MR) is 136 cm³/mol. The summed E-state index contributed by atoms with van der Waals surface area (Å²) in [5.74, 6) is 0.245. The van der Waals surface area contributed by atoms with Crippen LogP contribution in [-0.4, -0.2) is 16.8 Å². The highest BCUT2D eigenvalue weighted by Crippen LogP contribution is 2.52. The lowest BCUT2D eigenvalue weighted by molar-refractivity contribution is 0.346. The SMILES string of the molecule is COc1cccc(Sc2c(O)c3c(=O)n4c(cc3oc2=O)C2(CCCCC2)c2cc(Cl)ccc2-4)c1. The van der Waals surface area contributed by atoms with Crippen LogP contribution >= 0.6 is 23.4 Å². The van der Waals surface area contributed by atoms with Crippen LogP contribution < -0.4 is 15.9 Å². The highest BCUT2D eigenvalue weighted by Gasteiger charge is 2.45. The number of aromatic hydroxyl groups is 1. The van der Waals surface area contributed by atoms with Gasteiger partial charge < -0.3 is 14.3 Å². The summed E-state index contributed by atoms with van der Waals surface area (Å²) in [5, 5.41) is 11.8. The van der Waals surface area contributed by atoms with Crippen LogP contribution in [0.5, 0.6) is 11.5 Å². The Morgan fingerprint density at radius 3 is 2.66 bits per heavy atom. The molecule has 1 spiro atoms. The monoisotopic (exact) mass is 507 g/mol. The molecular weight excluding hydrogens is 486 g/mol. The van der Waals surface area contributed by atoms with E-state index in [9.17, 15) is 14.7 Å². The molecule has 178 valence electrons. The van der Waals surface area contributed by atoms with E-state index in [0.29, 0.717) is 15.7 Å². The average molecular weight is 508 g/mol. The number of methoxy groups -OCH3 is 1. The maximum Gasteiger partial charge on any atom is 0.354 e. The maximum atomic E-state index is 13.9. The smallest absolute Gasteiger partial charge is 0.354 e. The standard InChI is InChI=1S/C27H22ClNO5S/c1-33-16-6-5-7-17(13-16)35-24-23(30)22-20(34-26(24)32)14-21-27(10-3-2-4-11-27)18-12-15(28)8-9-19(18)29(21)25(22)31/h5-9,12-14,30H,2-4,10-11H2,1H3. The lowest BCUT2D eigenvalue weighted by Crippen LogP contribution is -2.31. The van der Waals surface area contributed by atoms with Crippen LogP contribution in [-0.2, 0) is 5.41 Å². The number of pyridine rings is 1. The second-order valence-electron chi connectivity index (χ2n) is 9.06. The summed E-state index contributed by atoms with van der Waals surface area (Å²) >= 11 is 7.41. The Labute approximate surface area is 210 Å². The van der Waals surface area contributed by atoms with Crippen LogP contribution in [0.25, 0.3) is 16.7 Å². The van der Waals surface area contributed by atoms with E-state index in [1.54, 1.807) is 48.1 Å². The van der Waals surface area contributed by atoms with Crippen molar-refractivity contribution < 1.29 is 14.3 Å². The summed E-state index contributed by atoms with van der Waals surface area (Å²) < 4.78 is 12.6. The van der Waals surface area contributed by atoms with Crippen molar-refractivity contribution in [3.8, 4) is 17.2 Å². The van der Waals surface area contributed by atoms with Gasteiger partial charge in [0.1, 0.15) is 21.6 Å². The molecule has 0 radical (unpaired) electrons. The Balaban J connectivity index is 1.60. The number of fused-ring (bicyclic) bond motifs is 6. The van der Waals surface area contributed by atoms with Gasteiger partial charge in [-0.15, -0.1) is 0 Å². The summed E-state index contributed by atoms with van der Waals surface area (Å²) in [4.78, 5) is 27.5. The number of aromatic nitrogens is 1. The number of benzene rings is 2. The summed E-state index contributed by atoms with van der Waals surface area (Å²) in [7, 11) is 1.55. The number of hydrogen-bond donors (Lipinski definition) is 1. The molecule has 3 heterocycles. The summed E-state index contributed by atoms with van der Waals surface area (Å²) in [6, 6.07) is 14.4. The lowest BCUT2D eigenvalue weighted by atomic mass is 9.68. The van der Waals surface area contributed by atoms with Gasteiger partial charge in [-0.3, -0.25) is 9.36 Å². The van der Waals surface area contributed by atoms with Crippen molar-refractivity contribution >= 4 is 34.3 Å². The van der Waals surface area contributed by atoms with E-state index >= 15 is 0 Å². The molecule has 0 atom stereocenters. The molecule has 0 amide bonds. The van der Waals surface area contributed by atoms with Gasteiger partial charge in [-0.25, -0.2) is 4.79 Å². The molecule has 8 heteroatoms. The van der Waals surface area contributed by atoms with E-state index < -0.39 is 11.2 Å². The zero-order valence-corrected chi connectivity index (χ0v) is 20.5. The number of rotatable bonds is 3. The van der Waals surface area contributed by atoms with Gasteiger partial charge in [0.15, 0.2) is 5.75 Å². The Bertz CT molecular complexity index is 1620. The van der Waals surface area contributed by atoms with E-state index in [0.717, 1.165) is 60.8 Å². The van der Waals surface area contributed by atoms with Gasteiger partial charge >= 0.3 is 5.63 Å².